The summed E-state index contributed by atoms with van der Waals surface area (Å²) in [5.74, 6) is 1.10. The van der Waals surface area contributed by atoms with Crippen LogP contribution in [0.25, 0.3) is 0 Å². The van der Waals surface area contributed by atoms with Crippen molar-refractivity contribution in [1.29, 1.82) is 0 Å². The topological polar surface area (TPSA) is 47.9 Å². The molecule has 0 N–H and O–H groups in total. The van der Waals surface area contributed by atoms with Crippen molar-refractivity contribution < 1.29 is 14.3 Å². The molecule has 0 spiro atoms. The summed E-state index contributed by atoms with van der Waals surface area (Å²) < 4.78 is 11.1. The molecule has 0 saturated carbocycles. The largest absolute Gasteiger partial charge is 0.462 e. The van der Waals surface area contributed by atoms with Crippen LogP contribution in [0, 0.1) is 6.92 Å². The molecule has 1 aliphatic rings. The van der Waals surface area contributed by atoms with E-state index in [9.17, 15) is 4.79 Å². The van der Waals surface area contributed by atoms with Gasteiger partial charge in [0.1, 0.15) is 11.4 Å². The Bertz CT molecular complexity index is 793. The summed E-state index contributed by atoms with van der Waals surface area (Å²) in [5.41, 5.74) is 4.20. The van der Waals surface area contributed by atoms with Crippen LogP contribution in [0.5, 0.6) is 11.5 Å². The summed E-state index contributed by atoms with van der Waals surface area (Å²) in [4.78, 5) is 16.6. The molecule has 1 heterocycles. The van der Waals surface area contributed by atoms with E-state index >= 15 is 0 Å². The van der Waals surface area contributed by atoms with Crippen LogP contribution in [0.2, 0.25) is 0 Å². The lowest BCUT2D eigenvalue weighted by molar-refractivity contribution is 0.0526. The van der Waals surface area contributed by atoms with Gasteiger partial charge in [0.25, 0.3) is 0 Å². The van der Waals surface area contributed by atoms with Crippen LogP contribution in [0.4, 0.5) is 5.69 Å². The number of fused-ring (bicyclic) bond motifs is 2. The minimum Gasteiger partial charge on any atom is -0.462 e. The molecule has 0 radical (unpaired) electrons. The molecule has 4 nitrogen and oxygen atoms in total. The van der Waals surface area contributed by atoms with E-state index in [2.05, 4.69) is 6.92 Å². The Hall–Kier alpha value is -2.62. The zero-order chi connectivity index (χ0) is 16.4. The molecule has 0 aromatic heterocycles. The van der Waals surface area contributed by atoms with Crippen molar-refractivity contribution >= 4 is 17.4 Å². The lowest BCUT2D eigenvalue weighted by atomic mass is 10.0. The third kappa shape index (κ3) is 2.97. The molecule has 0 fully saturated rings. The van der Waals surface area contributed by atoms with E-state index in [0.29, 0.717) is 23.6 Å². The SMILES string of the molecule is CCOC(=O)c1ccc2c(c1)N=C(CC)c1ccc(C)cc1O2. The van der Waals surface area contributed by atoms with Gasteiger partial charge in [-0.1, -0.05) is 13.0 Å². The van der Waals surface area contributed by atoms with E-state index in [0.717, 1.165) is 29.0 Å². The van der Waals surface area contributed by atoms with Crippen molar-refractivity contribution in [2.45, 2.75) is 27.2 Å². The Balaban J connectivity index is 2.10. The van der Waals surface area contributed by atoms with Gasteiger partial charge in [-0.3, -0.25) is 0 Å². The van der Waals surface area contributed by atoms with Gasteiger partial charge in [0.05, 0.1) is 17.9 Å². The second-order valence-electron chi connectivity index (χ2n) is 5.42. The number of aliphatic imine (C=N–C) groups is 1. The molecule has 0 aliphatic carbocycles. The molecular formula is C19H19NO3. The van der Waals surface area contributed by atoms with E-state index in [-0.39, 0.29) is 5.97 Å². The summed E-state index contributed by atoms with van der Waals surface area (Å²) in [6, 6.07) is 11.3. The Morgan fingerprint density at radius 2 is 1.96 bits per heavy atom. The Morgan fingerprint density at radius 3 is 2.70 bits per heavy atom. The lowest BCUT2D eigenvalue weighted by Crippen LogP contribution is -2.04. The third-order valence-corrected chi connectivity index (χ3v) is 3.73. The molecule has 4 heteroatoms. The normalized spacial score (nSPS) is 12.4. The van der Waals surface area contributed by atoms with E-state index in [4.69, 9.17) is 14.5 Å². The fourth-order valence-corrected chi connectivity index (χ4v) is 2.58. The van der Waals surface area contributed by atoms with Gasteiger partial charge in [-0.25, -0.2) is 9.79 Å². The first-order valence-electron chi connectivity index (χ1n) is 7.80. The number of aryl methyl sites for hydroxylation is 1. The molecule has 2 aromatic rings. The number of ether oxygens (including phenoxy) is 2. The van der Waals surface area contributed by atoms with E-state index in [1.165, 1.54) is 0 Å². The number of hydrogen-bond donors (Lipinski definition) is 0. The smallest absolute Gasteiger partial charge is 0.338 e. The average molecular weight is 309 g/mol. The van der Waals surface area contributed by atoms with Gasteiger partial charge in [0.15, 0.2) is 5.75 Å². The highest BCUT2D eigenvalue weighted by Crippen LogP contribution is 2.39. The van der Waals surface area contributed by atoms with Crippen LogP contribution in [0.1, 0.15) is 41.8 Å². The predicted octanol–water partition coefficient (Wildman–Crippen LogP) is 4.81. The Labute approximate surface area is 135 Å². The molecule has 2 aromatic carbocycles. The number of carbonyl (C=O) groups excluding carboxylic acids is 1. The number of hydrogen-bond acceptors (Lipinski definition) is 4. The van der Waals surface area contributed by atoms with Crippen LogP contribution in [0.3, 0.4) is 0 Å². The monoisotopic (exact) mass is 309 g/mol. The molecule has 0 unspecified atom stereocenters. The van der Waals surface area contributed by atoms with Gasteiger partial charge in [-0.15, -0.1) is 0 Å². The summed E-state index contributed by atoms with van der Waals surface area (Å²) in [6.45, 7) is 6.22. The van der Waals surface area contributed by atoms with Crippen molar-refractivity contribution in [3.05, 3.63) is 53.1 Å². The average Bonchev–Trinajstić information content (AvgIpc) is 2.69. The van der Waals surface area contributed by atoms with Crippen molar-refractivity contribution in [1.82, 2.24) is 0 Å². The summed E-state index contributed by atoms with van der Waals surface area (Å²) >= 11 is 0. The standard InChI is InChI=1S/C19H19NO3/c1-4-15-14-8-6-12(3)10-18(14)23-17-9-7-13(11-16(17)20-15)19(21)22-5-2/h6-11H,4-5H2,1-3H3. The maximum Gasteiger partial charge on any atom is 0.338 e. The summed E-state index contributed by atoms with van der Waals surface area (Å²) in [7, 11) is 0. The highest BCUT2D eigenvalue weighted by atomic mass is 16.5. The molecule has 1 aliphatic heterocycles. The minimum atomic E-state index is -0.346. The Kier molecular flexibility index (Phi) is 4.15. The molecule has 0 atom stereocenters. The second-order valence-corrected chi connectivity index (χ2v) is 5.42. The van der Waals surface area contributed by atoms with Crippen LogP contribution in [0.15, 0.2) is 41.4 Å². The third-order valence-electron chi connectivity index (χ3n) is 3.73. The highest BCUT2D eigenvalue weighted by molar-refractivity contribution is 6.05. The van der Waals surface area contributed by atoms with Gasteiger partial charge in [-0.05, 0) is 56.2 Å². The quantitative estimate of drug-likeness (QED) is 0.765. The number of nitrogens with zero attached hydrogens (tertiary/aromatic N) is 1. The predicted molar refractivity (Wildman–Crippen MR) is 90.1 cm³/mol. The Morgan fingerprint density at radius 1 is 1.13 bits per heavy atom. The van der Waals surface area contributed by atoms with Crippen LogP contribution in [-0.2, 0) is 4.74 Å². The van der Waals surface area contributed by atoms with Gasteiger partial charge >= 0.3 is 5.97 Å². The zero-order valence-electron chi connectivity index (χ0n) is 13.6. The molecule has 3 rings (SSSR count). The van der Waals surface area contributed by atoms with Crippen molar-refractivity contribution in [2.75, 3.05) is 6.61 Å². The van der Waals surface area contributed by atoms with E-state index in [1.807, 2.05) is 25.1 Å². The zero-order valence-corrected chi connectivity index (χ0v) is 13.6. The van der Waals surface area contributed by atoms with Crippen molar-refractivity contribution in [2.24, 2.45) is 4.99 Å². The first-order valence-corrected chi connectivity index (χ1v) is 7.80. The minimum absolute atomic E-state index is 0.346. The number of carbonyl (C=O) groups is 1. The molecular weight excluding hydrogens is 290 g/mol. The molecule has 23 heavy (non-hydrogen) atoms. The van der Waals surface area contributed by atoms with Gasteiger partial charge in [0.2, 0.25) is 0 Å². The van der Waals surface area contributed by atoms with E-state index < -0.39 is 0 Å². The second kappa shape index (κ2) is 6.24. The number of rotatable bonds is 3. The van der Waals surface area contributed by atoms with Crippen molar-refractivity contribution in [3.63, 3.8) is 0 Å². The molecule has 0 bridgehead atoms. The van der Waals surface area contributed by atoms with Gasteiger partial charge in [-0.2, -0.15) is 0 Å². The van der Waals surface area contributed by atoms with Gasteiger partial charge < -0.3 is 9.47 Å². The summed E-state index contributed by atoms with van der Waals surface area (Å²) in [6.07, 6.45) is 0.780. The van der Waals surface area contributed by atoms with Crippen molar-refractivity contribution in [3.8, 4) is 11.5 Å². The molecule has 0 saturated heterocycles. The maximum atomic E-state index is 11.9. The van der Waals surface area contributed by atoms with Crippen LogP contribution in [-0.4, -0.2) is 18.3 Å². The first kappa shape index (κ1) is 15.3. The number of benzene rings is 2. The molecule has 118 valence electrons. The van der Waals surface area contributed by atoms with E-state index in [1.54, 1.807) is 25.1 Å². The van der Waals surface area contributed by atoms with Gasteiger partial charge in [0, 0.05) is 5.56 Å². The van der Waals surface area contributed by atoms with Crippen LogP contribution >= 0.6 is 0 Å². The first-order chi connectivity index (χ1) is 11.1. The fraction of sp³-hybridized carbons (Fsp3) is 0.263. The maximum absolute atomic E-state index is 11.9. The number of esters is 1. The fourth-order valence-electron chi connectivity index (χ4n) is 2.58. The lowest BCUT2D eigenvalue weighted by Gasteiger charge is -2.10. The summed E-state index contributed by atoms with van der Waals surface area (Å²) in [5, 5.41) is 0. The highest BCUT2D eigenvalue weighted by Gasteiger charge is 2.19. The molecule has 0 amide bonds. The van der Waals surface area contributed by atoms with Crippen LogP contribution < -0.4 is 4.74 Å².